The molecule has 0 aromatic carbocycles. The number of hydrogen-bond donors (Lipinski definition) is 2. The Morgan fingerprint density at radius 2 is 1.70 bits per heavy atom. The predicted octanol–water partition coefficient (Wildman–Crippen LogP) is 1.27. The van der Waals surface area contributed by atoms with Crippen molar-refractivity contribution in [3.8, 4) is 6.01 Å². The van der Waals surface area contributed by atoms with Gasteiger partial charge < -0.3 is 15.4 Å². The van der Waals surface area contributed by atoms with Crippen molar-refractivity contribution in [2.75, 3.05) is 42.3 Å². The minimum Gasteiger partial charge on any atom is -0.463 e. The second-order valence-electron chi connectivity index (χ2n) is 4.24. The molecule has 1 rings (SSSR count). The smallest absolute Gasteiger partial charge is 0.323 e. The molecule has 1 heterocycles. The highest BCUT2D eigenvalue weighted by molar-refractivity contribution is 7.84. The maximum Gasteiger partial charge on any atom is 0.323 e. The van der Waals surface area contributed by atoms with Gasteiger partial charge in [0.1, 0.15) is 0 Å². The third kappa shape index (κ3) is 6.65. The maximum atomic E-state index is 11.0. The van der Waals surface area contributed by atoms with Crippen molar-refractivity contribution in [2.45, 2.75) is 26.7 Å². The zero-order valence-corrected chi connectivity index (χ0v) is 13.1. The van der Waals surface area contributed by atoms with Crippen LogP contribution >= 0.6 is 0 Å². The Morgan fingerprint density at radius 1 is 1.05 bits per heavy atom. The van der Waals surface area contributed by atoms with Gasteiger partial charge in [0.2, 0.25) is 11.9 Å². The lowest BCUT2D eigenvalue weighted by atomic mass is 10.5. The molecule has 0 aliphatic carbocycles. The van der Waals surface area contributed by atoms with Crippen LogP contribution in [0.25, 0.3) is 0 Å². The summed E-state index contributed by atoms with van der Waals surface area (Å²) in [5, 5.41) is 6.14. The second kappa shape index (κ2) is 9.46. The summed E-state index contributed by atoms with van der Waals surface area (Å²) in [5.41, 5.74) is 0. The molecular formula is C12H23N5O2S. The zero-order chi connectivity index (χ0) is 14.8. The van der Waals surface area contributed by atoms with Crippen LogP contribution in [-0.4, -0.2) is 50.9 Å². The molecule has 1 aromatic rings. The Kier molecular flexibility index (Phi) is 7.86. The van der Waals surface area contributed by atoms with E-state index in [1.807, 2.05) is 6.92 Å². The van der Waals surface area contributed by atoms with Crippen molar-refractivity contribution in [3.05, 3.63) is 0 Å². The van der Waals surface area contributed by atoms with Gasteiger partial charge in [0.15, 0.2) is 0 Å². The molecular weight excluding hydrogens is 278 g/mol. The first kappa shape index (κ1) is 16.6. The molecule has 2 N–H and O–H groups in total. The molecule has 1 unspecified atom stereocenters. The zero-order valence-electron chi connectivity index (χ0n) is 12.3. The van der Waals surface area contributed by atoms with Gasteiger partial charge in [-0.3, -0.25) is 4.21 Å². The van der Waals surface area contributed by atoms with Gasteiger partial charge in [0, 0.05) is 35.9 Å². The third-order valence-electron chi connectivity index (χ3n) is 2.26. The van der Waals surface area contributed by atoms with E-state index < -0.39 is 10.8 Å². The largest absolute Gasteiger partial charge is 0.463 e. The van der Waals surface area contributed by atoms with Gasteiger partial charge in [-0.05, 0) is 12.8 Å². The first-order valence-corrected chi connectivity index (χ1v) is 8.55. The van der Waals surface area contributed by atoms with Crippen molar-refractivity contribution in [3.63, 3.8) is 0 Å². The van der Waals surface area contributed by atoms with E-state index in [9.17, 15) is 4.21 Å². The number of anilines is 2. The summed E-state index contributed by atoms with van der Waals surface area (Å²) in [6.07, 6.45) is 3.54. The summed E-state index contributed by atoms with van der Waals surface area (Å²) in [4.78, 5) is 12.6. The number of rotatable bonds is 10. The molecule has 7 nitrogen and oxygen atoms in total. The summed E-state index contributed by atoms with van der Waals surface area (Å²) in [7, 11) is -0.840. The number of nitrogens with zero attached hydrogens (tertiary/aromatic N) is 3. The topological polar surface area (TPSA) is 89.0 Å². The number of ether oxygens (including phenoxy) is 1. The van der Waals surface area contributed by atoms with E-state index in [1.165, 1.54) is 0 Å². The van der Waals surface area contributed by atoms with Crippen LogP contribution in [0.4, 0.5) is 11.9 Å². The quantitative estimate of drug-likeness (QED) is 0.672. The van der Waals surface area contributed by atoms with E-state index in [-0.39, 0.29) is 0 Å². The van der Waals surface area contributed by atoms with Crippen LogP contribution in [0.1, 0.15) is 26.7 Å². The molecule has 0 radical (unpaired) electrons. The monoisotopic (exact) mass is 301 g/mol. The number of nitrogens with one attached hydrogen (secondary N) is 2. The molecule has 0 spiro atoms. The SMILES string of the molecule is CCCNc1nc(NCCS(C)=O)nc(OCCC)n1. The molecule has 1 atom stereocenters. The highest BCUT2D eigenvalue weighted by atomic mass is 32.2. The summed E-state index contributed by atoms with van der Waals surface area (Å²) < 4.78 is 16.5. The molecule has 114 valence electrons. The van der Waals surface area contributed by atoms with E-state index in [2.05, 4.69) is 32.5 Å². The fourth-order valence-corrected chi connectivity index (χ4v) is 1.71. The number of hydrogen-bond acceptors (Lipinski definition) is 7. The van der Waals surface area contributed by atoms with Gasteiger partial charge in [-0.15, -0.1) is 0 Å². The van der Waals surface area contributed by atoms with E-state index in [0.717, 1.165) is 19.4 Å². The maximum absolute atomic E-state index is 11.0. The first-order valence-electron chi connectivity index (χ1n) is 6.82. The highest BCUT2D eigenvalue weighted by Gasteiger charge is 2.07. The van der Waals surface area contributed by atoms with Crippen LogP contribution in [0.5, 0.6) is 6.01 Å². The van der Waals surface area contributed by atoms with E-state index >= 15 is 0 Å². The molecule has 0 saturated heterocycles. The average Bonchev–Trinajstić information content (AvgIpc) is 2.42. The summed E-state index contributed by atoms with van der Waals surface area (Å²) in [6, 6.07) is 0.306. The summed E-state index contributed by atoms with van der Waals surface area (Å²) in [6.45, 7) is 5.99. The average molecular weight is 301 g/mol. The molecule has 20 heavy (non-hydrogen) atoms. The molecule has 0 aliphatic heterocycles. The minimum atomic E-state index is -0.840. The Labute approximate surface area is 122 Å². The molecule has 0 aliphatic rings. The van der Waals surface area contributed by atoms with Crippen LogP contribution in [0.15, 0.2) is 0 Å². The van der Waals surface area contributed by atoms with Crippen molar-refractivity contribution in [2.24, 2.45) is 0 Å². The lowest BCUT2D eigenvalue weighted by Crippen LogP contribution is -2.15. The van der Waals surface area contributed by atoms with Crippen LogP contribution in [0, 0.1) is 0 Å². The van der Waals surface area contributed by atoms with Gasteiger partial charge in [-0.25, -0.2) is 0 Å². The van der Waals surface area contributed by atoms with Gasteiger partial charge >= 0.3 is 6.01 Å². The third-order valence-corrected chi connectivity index (χ3v) is 3.03. The van der Waals surface area contributed by atoms with Crippen LogP contribution in [0.2, 0.25) is 0 Å². The Morgan fingerprint density at radius 3 is 2.25 bits per heavy atom. The fourth-order valence-electron chi connectivity index (χ4n) is 1.32. The van der Waals surface area contributed by atoms with Crippen LogP contribution < -0.4 is 15.4 Å². The lowest BCUT2D eigenvalue weighted by molar-refractivity contribution is 0.292. The first-order chi connectivity index (χ1) is 9.65. The van der Waals surface area contributed by atoms with Gasteiger partial charge in [-0.1, -0.05) is 13.8 Å². The molecule has 8 heteroatoms. The Balaban J connectivity index is 2.71. The van der Waals surface area contributed by atoms with Gasteiger partial charge in [0.25, 0.3) is 0 Å². The van der Waals surface area contributed by atoms with Crippen molar-refractivity contribution >= 4 is 22.7 Å². The summed E-state index contributed by atoms with van der Waals surface area (Å²) in [5.74, 6) is 1.48. The molecule has 0 saturated carbocycles. The van der Waals surface area contributed by atoms with E-state index in [0.29, 0.717) is 36.8 Å². The van der Waals surface area contributed by atoms with Gasteiger partial charge in [-0.2, -0.15) is 15.0 Å². The molecule has 1 aromatic heterocycles. The minimum absolute atomic E-state index is 0.306. The number of aromatic nitrogens is 3. The van der Waals surface area contributed by atoms with Crippen LogP contribution in [0.3, 0.4) is 0 Å². The van der Waals surface area contributed by atoms with Crippen LogP contribution in [-0.2, 0) is 10.8 Å². The second-order valence-corrected chi connectivity index (χ2v) is 5.80. The Hall–Kier alpha value is -1.44. The van der Waals surface area contributed by atoms with Gasteiger partial charge in [0.05, 0.1) is 6.61 Å². The van der Waals surface area contributed by atoms with Crippen molar-refractivity contribution in [1.29, 1.82) is 0 Å². The highest BCUT2D eigenvalue weighted by Crippen LogP contribution is 2.11. The van der Waals surface area contributed by atoms with Crippen molar-refractivity contribution < 1.29 is 8.95 Å². The molecule has 0 fully saturated rings. The lowest BCUT2D eigenvalue weighted by Gasteiger charge is -2.09. The van der Waals surface area contributed by atoms with Crippen molar-refractivity contribution in [1.82, 2.24) is 15.0 Å². The Bertz CT molecular complexity index is 404. The standard InChI is InChI=1S/C12H23N5O2S/c1-4-6-13-10-15-11(14-7-9-20(3)18)17-12(16-10)19-8-5-2/h4-9H2,1-3H3,(H2,13,14,15,16,17). The predicted molar refractivity (Wildman–Crippen MR) is 81.8 cm³/mol. The normalized spacial score (nSPS) is 11.9. The van der Waals surface area contributed by atoms with E-state index in [1.54, 1.807) is 6.26 Å². The molecule has 0 bridgehead atoms. The van der Waals surface area contributed by atoms with E-state index in [4.69, 9.17) is 4.74 Å². The molecule has 0 amide bonds. The summed E-state index contributed by atoms with van der Waals surface area (Å²) >= 11 is 0. The fraction of sp³-hybridized carbons (Fsp3) is 0.750.